The number of anilines is 3. The number of hydrogen-bond acceptors (Lipinski definition) is 1. The minimum atomic E-state index is 0.103. The maximum atomic E-state index is 2.65. The first-order valence-corrected chi connectivity index (χ1v) is 22.3. The molecule has 6 aliphatic rings. The molecule has 0 amide bonds. The Morgan fingerprint density at radius 2 is 0.933 bits per heavy atom. The fourth-order valence-electron chi connectivity index (χ4n) is 13.4. The molecular formula is C59H47N. The van der Waals surface area contributed by atoms with Gasteiger partial charge in [0.05, 0.1) is 5.69 Å². The third-order valence-corrected chi connectivity index (χ3v) is 15.6. The third-order valence-electron chi connectivity index (χ3n) is 15.6. The zero-order valence-corrected chi connectivity index (χ0v) is 33.9. The summed E-state index contributed by atoms with van der Waals surface area (Å²) in [4.78, 5) is 2.59. The van der Waals surface area contributed by atoms with E-state index in [4.69, 9.17) is 0 Å². The van der Waals surface area contributed by atoms with Crippen LogP contribution in [0, 0.1) is 23.7 Å². The van der Waals surface area contributed by atoms with Crippen molar-refractivity contribution in [1.82, 2.24) is 0 Å². The maximum Gasteiger partial charge on any atom is 0.0540 e. The summed E-state index contributed by atoms with van der Waals surface area (Å²) >= 11 is 0. The second-order valence-corrected chi connectivity index (χ2v) is 18.3. The Hall–Kier alpha value is -6.44. The monoisotopic (exact) mass is 769 g/mol. The quantitative estimate of drug-likeness (QED) is 0.172. The zero-order valence-electron chi connectivity index (χ0n) is 33.9. The molecule has 60 heavy (non-hydrogen) atoms. The number of benzene rings is 8. The second-order valence-electron chi connectivity index (χ2n) is 18.3. The first kappa shape index (κ1) is 34.4. The lowest BCUT2D eigenvalue weighted by Crippen LogP contribution is -2.40. The normalized spacial score (nSPS) is 22.3. The Bertz CT molecular complexity index is 2990. The van der Waals surface area contributed by atoms with Gasteiger partial charge < -0.3 is 4.90 Å². The molecule has 4 saturated carbocycles. The zero-order chi connectivity index (χ0) is 39.4. The Labute approximate surface area is 354 Å². The van der Waals surface area contributed by atoms with Crippen LogP contribution in [-0.4, -0.2) is 0 Å². The first-order valence-electron chi connectivity index (χ1n) is 22.3. The van der Waals surface area contributed by atoms with Crippen LogP contribution < -0.4 is 4.90 Å². The molecule has 8 aromatic carbocycles. The van der Waals surface area contributed by atoms with Crippen LogP contribution in [0.4, 0.5) is 17.1 Å². The molecule has 5 unspecified atom stereocenters. The van der Waals surface area contributed by atoms with Crippen LogP contribution in [-0.2, 0) is 18.3 Å². The van der Waals surface area contributed by atoms with Gasteiger partial charge in [-0.2, -0.15) is 0 Å². The van der Waals surface area contributed by atoms with E-state index in [1.165, 1.54) is 110 Å². The van der Waals surface area contributed by atoms with Crippen LogP contribution in [0.3, 0.4) is 0 Å². The van der Waals surface area contributed by atoms with Crippen molar-refractivity contribution in [2.45, 2.75) is 43.9 Å². The highest BCUT2D eigenvalue weighted by atomic mass is 15.1. The fraction of sp³-hybridized carbons (Fsp3) is 0.186. The predicted octanol–water partition coefficient (Wildman–Crippen LogP) is 15.3. The van der Waals surface area contributed by atoms with Gasteiger partial charge in [0.1, 0.15) is 0 Å². The molecule has 1 heteroatoms. The van der Waals surface area contributed by atoms with E-state index in [1.807, 2.05) is 0 Å². The van der Waals surface area contributed by atoms with Crippen LogP contribution in [0.25, 0.3) is 55.6 Å². The second kappa shape index (κ2) is 13.3. The number of hydrogen-bond donors (Lipinski definition) is 0. The van der Waals surface area contributed by atoms with Gasteiger partial charge in [-0.3, -0.25) is 0 Å². The number of rotatable bonds is 4. The molecule has 1 nitrogen and oxygen atoms in total. The van der Waals surface area contributed by atoms with Crippen molar-refractivity contribution < 1.29 is 0 Å². The van der Waals surface area contributed by atoms with Gasteiger partial charge >= 0.3 is 0 Å². The minimum Gasteiger partial charge on any atom is -0.310 e. The first-order chi connectivity index (χ1) is 29.7. The molecule has 8 aromatic rings. The standard InChI is InChI=1S/C59H47N/c1-2-14-39(15-3-1)48-20-11-13-25-58(48)60(45-29-31-53-52-23-10-12-24-55(52)59(57(53)37-45)43-33-38-32-42(35-43)56(59)34-38)44-28-30-51-50-22-9-8-21-49(50)46-18-6-4-16-40(46)26-27-41-17-5-7-19-47(41)54(51)36-44/h1-25,28-31,36-38,42-43,56H,26-27,32-35H2. The van der Waals surface area contributed by atoms with E-state index in [9.17, 15) is 0 Å². The Morgan fingerprint density at radius 3 is 1.68 bits per heavy atom. The average molecular weight is 770 g/mol. The van der Waals surface area contributed by atoms with Crippen molar-refractivity contribution in [2.75, 3.05) is 4.90 Å². The van der Waals surface area contributed by atoms with Crippen molar-refractivity contribution in [3.05, 3.63) is 210 Å². The van der Waals surface area contributed by atoms with Gasteiger partial charge in [-0.25, -0.2) is 0 Å². The Balaban J connectivity index is 1.07. The van der Waals surface area contributed by atoms with Crippen molar-refractivity contribution in [3.8, 4) is 55.6 Å². The predicted molar refractivity (Wildman–Crippen MR) is 249 cm³/mol. The van der Waals surface area contributed by atoms with Gasteiger partial charge in [0.15, 0.2) is 0 Å². The lowest BCUT2D eigenvalue weighted by Gasteiger charge is -2.44. The highest BCUT2D eigenvalue weighted by molar-refractivity contribution is 5.97. The van der Waals surface area contributed by atoms with E-state index in [2.05, 4.69) is 193 Å². The van der Waals surface area contributed by atoms with Crippen LogP contribution in [0.1, 0.15) is 47.9 Å². The van der Waals surface area contributed by atoms with E-state index in [-0.39, 0.29) is 5.41 Å². The summed E-state index contributed by atoms with van der Waals surface area (Å²) in [6.45, 7) is 0. The summed E-state index contributed by atoms with van der Waals surface area (Å²) < 4.78 is 0. The number of nitrogens with zero attached hydrogens (tertiary/aromatic N) is 1. The van der Waals surface area contributed by atoms with Gasteiger partial charge in [-0.15, -0.1) is 0 Å². The lowest BCUT2D eigenvalue weighted by molar-refractivity contribution is 0.191. The number of fused-ring (bicyclic) bond motifs is 10. The SMILES string of the molecule is c1ccc(-c2ccccc2N(c2ccc3c(c2)-c2ccccc2CCc2ccccc2-c2ccccc2-3)c2ccc3c(c2)C2(c4ccccc4-3)C3CC4CC(C3)C2C4)cc1. The minimum absolute atomic E-state index is 0.103. The molecule has 6 aliphatic carbocycles. The molecule has 14 rings (SSSR count). The van der Waals surface area contributed by atoms with Crippen molar-refractivity contribution >= 4 is 17.1 Å². The molecule has 0 radical (unpaired) electrons. The van der Waals surface area contributed by atoms with Crippen LogP contribution in [0.2, 0.25) is 0 Å². The molecule has 288 valence electrons. The van der Waals surface area contributed by atoms with E-state index in [0.29, 0.717) is 5.92 Å². The van der Waals surface area contributed by atoms with Gasteiger partial charge in [-0.05, 0) is 165 Å². The van der Waals surface area contributed by atoms with E-state index in [0.717, 1.165) is 30.6 Å². The smallest absolute Gasteiger partial charge is 0.0540 e. The number of para-hydroxylation sites is 1. The van der Waals surface area contributed by atoms with E-state index >= 15 is 0 Å². The molecule has 0 aliphatic heterocycles. The summed E-state index contributed by atoms with van der Waals surface area (Å²) in [6, 6.07) is 71.7. The topological polar surface area (TPSA) is 3.24 Å². The third kappa shape index (κ3) is 4.93. The summed E-state index contributed by atoms with van der Waals surface area (Å²) in [5.41, 5.74) is 22.9. The van der Waals surface area contributed by atoms with E-state index in [1.54, 1.807) is 11.1 Å². The molecular weight excluding hydrogens is 723 g/mol. The Kier molecular flexibility index (Phi) is 7.62. The van der Waals surface area contributed by atoms with Crippen molar-refractivity contribution in [3.63, 3.8) is 0 Å². The average Bonchev–Trinajstić information content (AvgIpc) is 3.85. The molecule has 0 heterocycles. The van der Waals surface area contributed by atoms with Gasteiger partial charge in [-0.1, -0.05) is 158 Å². The van der Waals surface area contributed by atoms with Crippen LogP contribution in [0.15, 0.2) is 188 Å². The summed E-state index contributed by atoms with van der Waals surface area (Å²) in [7, 11) is 0. The van der Waals surface area contributed by atoms with Crippen molar-refractivity contribution in [2.24, 2.45) is 23.7 Å². The fourth-order valence-corrected chi connectivity index (χ4v) is 13.4. The molecule has 5 atom stereocenters. The highest BCUT2D eigenvalue weighted by Gasteiger charge is 2.66. The molecule has 4 bridgehead atoms. The largest absolute Gasteiger partial charge is 0.310 e. The molecule has 0 N–H and O–H groups in total. The number of aryl methyl sites for hydroxylation is 2. The van der Waals surface area contributed by atoms with Gasteiger partial charge in [0.25, 0.3) is 0 Å². The summed E-state index contributed by atoms with van der Waals surface area (Å²) in [5, 5.41) is 0. The van der Waals surface area contributed by atoms with Gasteiger partial charge in [0.2, 0.25) is 0 Å². The highest BCUT2D eigenvalue weighted by Crippen LogP contribution is 2.73. The lowest BCUT2D eigenvalue weighted by atomic mass is 9.59. The summed E-state index contributed by atoms with van der Waals surface area (Å²) in [5.74, 6) is 3.21. The summed E-state index contributed by atoms with van der Waals surface area (Å²) in [6.07, 6.45) is 7.56. The molecule has 0 saturated heterocycles. The van der Waals surface area contributed by atoms with Crippen LogP contribution in [0.5, 0.6) is 0 Å². The van der Waals surface area contributed by atoms with Crippen LogP contribution >= 0.6 is 0 Å². The van der Waals surface area contributed by atoms with Gasteiger partial charge in [0, 0.05) is 22.4 Å². The molecule has 0 aromatic heterocycles. The van der Waals surface area contributed by atoms with E-state index < -0.39 is 0 Å². The molecule has 4 fully saturated rings. The molecule has 1 spiro atoms. The Morgan fingerprint density at radius 1 is 0.383 bits per heavy atom. The maximum absolute atomic E-state index is 2.65. The van der Waals surface area contributed by atoms with Crippen molar-refractivity contribution in [1.29, 1.82) is 0 Å².